The molecule has 18 heavy (non-hydrogen) atoms. The molecule has 0 saturated carbocycles. The Morgan fingerprint density at radius 2 is 2.17 bits per heavy atom. The van der Waals surface area contributed by atoms with Gasteiger partial charge in [0.25, 0.3) is 0 Å². The lowest BCUT2D eigenvalue weighted by Crippen LogP contribution is -2.10. The standard InChI is InChI=1S/C14H15N3O/c1-3-13-12(7-10(2)16-17-13)14(18)8-11-5-4-6-15-9-11/h4-7,9H,3,8H2,1-2H3. The van der Waals surface area contributed by atoms with Crippen LogP contribution < -0.4 is 0 Å². The van der Waals surface area contributed by atoms with Gasteiger partial charge in [-0.25, -0.2) is 0 Å². The maximum atomic E-state index is 12.3. The lowest BCUT2D eigenvalue weighted by molar-refractivity contribution is 0.0991. The fourth-order valence-electron chi connectivity index (χ4n) is 1.80. The molecule has 92 valence electrons. The molecule has 0 spiro atoms. The number of carbonyl (C=O) groups is 1. The fraction of sp³-hybridized carbons (Fsp3) is 0.286. The van der Waals surface area contributed by atoms with Crippen LogP contribution in [-0.4, -0.2) is 21.0 Å². The van der Waals surface area contributed by atoms with Gasteiger partial charge in [-0.15, -0.1) is 0 Å². The SMILES string of the molecule is CCc1nnc(C)cc1C(=O)Cc1cccnc1. The van der Waals surface area contributed by atoms with E-state index >= 15 is 0 Å². The van der Waals surface area contributed by atoms with Crippen LogP contribution in [0.3, 0.4) is 0 Å². The average molecular weight is 241 g/mol. The van der Waals surface area contributed by atoms with Crippen molar-refractivity contribution < 1.29 is 4.79 Å². The van der Waals surface area contributed by atoms with Crippen molar-refractivity contribution >= 4 is 5.78 Å². The van der Waals surface area contributed by atoms with Crippen molar-refractivity contribution in [2.75, 3.05) is 0 Å². The molecule has 2 heterocycles. The first kappa shape index (κ1) is 12.4. The second kappa shape index (κ2) is 5.49. The molecule has 0 N–H and O–H groups in total. The highest BCUT2D eigenvalue weighted by Crippen LogP contribution is 2.11. The van der Waals surface area contributed by atoms with Crippen LogP contribution in [0.2, 0.25) is 0 Å². The number of carbonyl (C=O) groups excluding carboxylic acids is 1. The molecule has 0 atom stereocenters. The summed E-state index contributed by atoms with van der Waals surface area (Å²) >= 11 is 0. The Labute approximate surface area is 106 Å². The monoisotopic (exact) mass is 241 g/mol. The lowest BCUT2D eigenvalue weighted by atomic mass is 10.0. The molecule has 2 aromatic heterocycles. The quantitative estimate of drug-likeness (QED) is 0.770. The Kier molecular flexibility index (Phi) is 3.77. The minimum atomic E-state index is 0.0675. The van der Waals surface area contributed by atoms with Gasteiger partial charge < -0.3 is 0 Å². The third kappa shape index (κ3) is 2.77. The van der Waals surface area contributed by atoms with E-state index in [1.54, 1.807) is 12.4 Å². The molecule has 2 rings (SSSR count). The van der Waals surface area contributed by atoms with E-state index in [0.29, 0.717) is 18.4 Å². The highest BCUT2D eigenvalue weighted by molar-refractivity contribution is 5.98. The predicted octanol–water partition coefficient (Wildman–Crippen LogP) is 2.17. The maximum Gasteiger partial charge on any atom is 0.169 e. The van der Waals surface area contributed by atoms with Crippen molar-refractivity contribution in [2.45, 2.75) is 26.7 Å². The molecule has 0 amide bonds. The highest BCUT2D eigenvalue weighted by atomic mass is 16.1. The van der Waals surface area contributed by atoms with Crippen molar-refractivity contribution in [1.82, 2.24) is 15.2 Å². The van der Waals surface area contributed by atoms with Gasteiger partial charge in [0.1, 0.15) is 0 Å². The number of aryl methyl sites for hydroxylation is 2. The fourth-order valence-corrected chi connectivity index (χ4v) is 1.80. The third-order valence-corrected chi connectivity index (χ3v) is 2.72. The number of hydrogen-bond acceptors (Lipinski definition) is 4. The molecule has 0 aliphatic heterocycles. The van der Waals surface area contributed by atoms with Crippen LogP contribution in [0.1, 0.15) is 34.2 Å². The number of aromatic nitrogens is 3. The Bertz CT molecular complexity index is 552. The molecule has 0 unspecified atom stereocenters. The van der Waals surface area contributed by atoms with E-state index in [2.05, 4.69) is 15.2 Å². The van der Waals surface area contributed by atoms with Crippen molar-refractivity contribution in [3.05, 3.63) is 53.1 Å². The van der Waals surface area contributed by atoms with Crippen LogP contribution in [-0.2, 0) is 12.8 Å². The van der Waals surface area contributed by atoms with E-state index in [9.17, 15) is 4.79 Å². The summed E-state index contributed by atoms with van der Waals surface area (Å²) in [5.74, 6) is 0.0675. The molecule has 0 saturated heterocycles. The van der Waals surface area contributed by atoms with Gasteiger partial charge in [0, 0.05) is 24.4 Å². The molecule has 0 radical (unpaired) electrons. The number of Topliss-reactive ketones (excluding diaryl/α,β-unsaturated/α-hetero) is 1. The lowest BCUT2D eigenvalue weighted by Gasteiger charge is -2.06. The van der Waals surface area contributed by atoms with Crippen LogP contribution in [0.4, 0.5) is 0 Å². The first-order valence-corrected chi connectivity index (χ1v) is 5.96. The maximum absolute atomic E-state index is 12.3. The van der Waals surface area contributed by atoms with Gasteiger partial charge in [-0.2, -0.15) is 10.2 Å². The van der Waals surface area contributed by atoms with E-state index in [1.807, 2.05) is 32.0 Å². The Balaban J connectivity index is 2.26. The van der Waals surface area contributed by atoms with Crippen molar-refractivity contribution in [3.63, 3.8) is 0 Å². The van der Waals surface area contributed by atoms with Crippen LogP contribution in [0.15, 0.2) is 30.6 Å². The molecular formula is C14H15N3O. The highest BCUT2D eigenvalue weighted by Gasteiger charge is 2.13. The number of ketones is 1. The van der Waals surface area contributed by atoms with E-state index in [1.165, 1.54) is 0 Å². The van der Waals surface area contributed by atoms with Crippen molar-refractivity contribution in [2.24, 2.45) is 0 Å². The molecule has 2 aromatic rings. The van der Waals surface area contributed by atoms with Gasteiger partial charge in [0.05, 0.1) is 11.4 Å². The van der Waals surface area contributed by atoms with Gasteiger partial charge in [-0.3, -0.25) is 9.78 Å². The first-order valence-electron chi connectivity index (χ1n) is 5.96. The van der Waals surface area contributed by atoms with E-state index in [0.717, 1.165) is 17.0 Å². The number of nitrogens with zero attached hydrogens (tertiary/aromatic N) is 3. The summed E-state index contributed by atoms with van der Waals surface area (Å²) in [7, 11) is 0. The third-order valence-electron chi connectivity index (χ3n) is 2.72. The Morgan fingerprint density at radius 1 is 1.33 bits per heavy atom. The average Bonchev–Trinajstić information content (AvgIpc) is 2.40. The van der Waals surface area contributed by atoms with E-state index < -0.39 is 0 Å². The summed E-state index contributed by atoms with van der Waals surface area (Å²) < 4.78 is 0. The van der Waals surface area contributed by atoms with Crippen molar-refractivity contribution in [1.29, 1.82) is 0 Å². The topological polar surface area (TPSA) is 55.7 Å². The van der Waals surface area contributed by atoms with Gasteiger partial charge >= 0.3 is 0 Å². The molecular weight excluding hydrogens is 226 g/mol. The second-order valence-electron chi connectivity index (χ2n) is 4.16. The molecule has 0 fully saturated rings. The van der Waals surface area contributed by atoms with E-state index in [-0.39, 0.29) is 5.78 Å². The van der Waals surface area contributed by atoms with Gasteiger partial charge in [-0.05, 0) is 31.0 Å². The number of hydrogen-bond donors (Lipinski definition) is 0. The second-order valence-corrected chi connectivity index (χ2v) is 4.16. The summed E-state index contributed by atoms with van der Waals surface area (Å²) in [5.41, 5.74) is 3.11. The summed E-state index contributed by atoms with van der Waals surface area (Å²) in [6.07, 6.45) is 4.47. The zero-order valence-corrected chi connectivity index (χ0v) is 10.6. The summed E-state index contributed by atoms with van der Waals surface area (Å²) in [5, 5.41) is 8.06. The molecule has 0 aliphatic rings. The number of rotatable bonds is 4. The molecule has 0 aliphatic carbocycles. The molecule has 0 bridgehead atoms. The molecule has 0 aromatic carbocycles. The smallest absolute Gasteiger partial charge is 0.169 e. The van der Waals surface area contributed by atoms with Gasteiger partial charge in [-0.1, -0.05) is 13.0 Å². The van der Waals surface area contributed by atoms with E-state index in [4.69, 9.17) is 0 Å². The summed E-state index contributed by atoms with van der Waals surface area (Å²) in [6.45, 7) is 3.81. The largest absolute Gasteiger partial charge is 0.294 e. The number of pyridine rings is 1. The van der Waals surface area contributed by atoms with Crippen LogP contribution in [0, 0.1) is 6.92 Å². The van der Waals surface area contributed by atoms with Gasteiger partial charge in [0.2, 0.25) is 0 Å². The minimum Gasteiger partial charge on any atom is -0.294 e. The van der Waals surface area contributed by atoms with Crippen LogP contribution in [0.25, 0.3) is 0 Å². The predicted molar refractivity (Wildman–Crippen MR) is 68.4 cm³/mol. The first-order chi connectivity index (χ1) is 8.70. The summed E-state index contributed by atoms with van der Waals surface area (Å²) in [6, 6.07) is 5.54. The zero-order valence-electron chi connectivity index (χ0n) is 10.6. The minimum absolute atomic E-state index is 0.0675. The normalized spacial score (nSPS) is 10.3. The van der Waals surface area contributed by atoms with Crippen molar-refractivity contribution in [3.8, 4) is 0 Å². The molecule has 4 heteroatoms. The zero-order chi connectivity index (χ0) is 13.0. The van der Waals surface area contributed by atoms with Gasteiger partial charge in [0.15, 0.2) is 5.78 Å². The molecule has 4 nitrogen and oxygen atoms in total. The Morgan fingerprint density at radius 3 is 2.83 bits per heavy atom. The summed E-state index contributed by atoms with van der Waals surface area (Å²) in [4.78, 5) is 16.3. The van der Waals surface area contributed by atoms with Crippen LogP contribution >= 0.6 is 0 Å². The van der Waals surface area contributed by atoms with Crippen LogP contribution in [0.5, 0.6) is 0 Å². The Hall–Kier alpha value is -2.10.